The molecule has 0 spiro atoms. The molecule has 0 aliphatic heterocycles. The van der Waals surface area contributed by atoms with Gasteiger partial charge in [-0.05, 0) is 47.7 Å². The number of hydroxylamine groups is 1. The van der Waals surface area contributed by atoms with Gasteiger partial charge < -0.3 is 20.5 Å². The van der Waals surface area contributed by atoms with Gasteiger partial charge in [0.25, 0.3) is 6.17 Å². The Morgan fingerprint density at radius 3 is 2.71 bits per heavy atom. The van der Waals surface area contributed by atoms with Crippen LogP contribution in [-0.4, -0.2) is 30.8 Å². The topological polar surface area (TPSA) is 109 Å². The molecule has 0 heterocycles. The highest BCUT2D eigenvalue weighted by atomic mass is 16.7. The van der Waals surface area contributed by atoms with Crippen molar-refractivity contribution in [3.8, 4) is 5.75 Å². The van der Waals surface area contributed by atoms with E-state index in [2.05, 4.69) is 17.4 Å². The highest BCUT2D eigenvalue weighted by Crippen LogP contribution is 2.36. The number of methoxy groups -OCH3 is 1. The fourth-order valence-corrected chi connectivity index (χ4v) is 2.48. The summed E-state index contributed by atoms with van der Waals surface area (Å²) in [5.74, 6) is 1.26. The van der Waals surface area contributed by atoms with Crippen LogP contribution < -0.4 is 16.2 Å². The lowest BCUT2D eigenvalue weighted by Crippen LogP contribution is -2.37. The van der Waals surface area contributed by atoms with E-state index in [1.807, 2.05) is 12.1 Å². The second kappa shape index (κ2) is 7.24. The number of rotatable bonds is 6. The Morgan fingerprint density at radius 2 is 2.10 bits per heavy atom. The van der Waals surface area contributed by atoms with E-state index in [4.69, 9.17) is 21.0 Å². The third kappa shape index (κ3) is 4.05. The Morgan fingerprint density at radius 1 is 1.38 bits per heavy atom. The summed E-state index contributed by atoms with van der Waals surface area (Å²) in [4.78, 5) is 5.58. The van der Waals surface area contributed by atoms with Crippen LogP contribution in [0.15, 0.2) is 29.5 Å². The van der Waals surface area contributed by atoms with E-state index < -0.39 is 6.17 Å². The molecule has 1 aromatic rings. The predicted molar refractivity (Wildman–Crippen MR) is 77.5 cm³/mol. The third-order valence-electron chi connectivity index (χ3n) is 3.77. The van der Waals surface area contributed by atoms with E-state index >= 15 is 0 Å². The molecule has 1 saturated carbocycles. The highest BCUT2D eigenvalue weighted by molar-refractivity contribution is 5.29. The van der Waals surface area contributed by atoms with E-state index in [0.29, 0.717) is 10.8 Å². The maximum atomic E-state index is 11.4. The van der Waals surface area contributed by atoms with Gasteiger partial charge in [-0.15, -0.1) is 0 Å². The van der Waals surface area contributed by atoms with Gasteiger partial charge in [0.2, 0.25) is 5.28 Å². The van der Waals surface area contributed by atoms with Crippen LogP contribution in [0.5, 0.6) is 5.75 Å². The molecule has 1 fully saturated rings. The zero-order valence-corrected chi connectivity index (χ0v) is 12.1. The van der Waals surface area contributed by atoms with Crippen LogP contribution in [0.3, 0.4) is 0 Å². The molecule has 0 bridgehead atoms. The van der Waals surface area contributed by atoms with Crippen molar-refractivity contribution >= 4 is 0 Å². The second-order valence-electron chi connectivity index (χ2n) is 5.20. The van der Waals surface area contributed by atoms with Crippen molar-refractivity contribution in [2.24, 2.45) is 16.7 Å². The van der Waals surface area contributed by atoms with Crippen LogP contribution in [0.2, 0.25) is 0 Å². The molecule has 1 aliphatic rings. The van der Waals surface area contributed by atoms with Gasteiger partial charge in [0, 0.05) is 0 Å². The van der Waals surface area contributed by atoms with Gasteiger partial charge in [-0.1, -0.05) is 12.1 Å². The van der Waals surface area contributed by atoms with Crippen LogP contribution in [0, 0.1) is 5.21 Å². The van der Waals surface area contributed by atoms with Crippen molar-refractivity contribution in [2.45, 2.75) is 37.5 Å². The minimum Gasteiger partial charge on any atom is -0.596 e. The number of hydrogen-bond acceptors (Lipinski definition) is 6. The minimum absolute atomic E-state index is 0.0372. The fraction of sp³-hybridized carbons (Fsp3) is 0.571. The van der Waals surface area contributed by atoms with Gasteiger partial charge in [0.1, 0.15) is 11.9 Å². The van der Waals surface area contributed by atoms with E-state index in [1.54, 1.807) is 7.11 Å². The van der Waals surface area contributed by atoms with Crippen molar-refractivity contribution in [3.63, 3.8) is 0 Å². The van der Waals surface area contributed by atoms with E-state index in [-0.39, 0.29) is 12.6 Å². The van der Waals surface area contributed by atoms with Crippen molar-refractivity contribution in [3.05, 3.63) is 35.0 Å². The Kier molecular flexibility index (Phi) is 5.35. The lowest BCUT2D eigenvalue weighted by atomic mass is 9.98. The van der Waals surface area contributed by atoms with Crippen molar-refractivity contribution < 1.29 is 14.4 Å². The van der Waals surface area contributed by atoms with Crippen molar-refractivity contribution in [2.75, 3.05) is 13.7 Å². The molecular formula is C14H22N4O3. The number of benzene rings is 1. The average Bonchev–Trinajstić information content (AvgIpc) is 3.00. The summed E-state index contributed by atoms with van der Waals surface area (Å²) < 4.78 is 5.15. The summed E-state index contributed by atoms with van der Waals surface area (Å²) in [6.07, 6.45) is 1.80. The zero-order valence-electron chi connectivity index (χ0n) is 12.1. The monoisotopic (exact) mass is 294 g/mol. The molecule has 1 unspecified atom stereocenters. The van der Waals surface area contributed by atoms with E-state index in [9.17, 15) is 5.21 Å². The molecule has 1 aliphatic carbocycles. The van der Waals surface area contributed by atoms with E-state index in [1.165, 1.54) is 5.56 Å². The van der Waals surface area contributed by atoms with Crippen LogP contribution in [0.4, 0.5) is 0 Å². The largest absolute Gasteiger partial charge is 0.596 e. The molecule has 0 radical (unpaired) electrons. The molecule has 7 nitrogen and oxygen atoms in total. The standard InChI is InChI=1S/C14H22N4O3/c1-20-12-5-2-10(3-6-12)11-4-7-13(8-11)21-17-18(19)14(16)9-15/h2-3,5-6,11,13-14H,4,7-9,15-16H2,1H3/b18-17-/t11-,13+,14?/m1/s1. The van der Waals surface area contributed by atoms with Crippen LogP contribution >= 0.6 is 0 Å². The molecule has 0 saturated heterocycles. The Balaban J connectivity index is 1.88. The Bertz CT molecular complexity index is 478. The number of ether oxygens (including phenoxy) is 1. The predicted octanol–water partition coefficient (Wildman–Crippen LogP) is 1.47. The molecule has 0 amide bonds. The first-order valence-corrected chi connectivity index (χ1v) is 7.06. The highest BCUT2D eigenvalue weighted by Gasteiger charge is 2.28. The smallest absolute Gasteiger partial charge is 0.256 e. The summed E-state index contributed by atoms with van der Waals surface area (Å²) in [5, 5.41) is 14.8. The van der Waals surface area contributed by atoms with Gasteiger partial charge in [0.05, 0.1) is 13.7 Å². The van der Waals surface area contributed by atoms with Crippen molar-refractivity contribution in [1.82, 2.24) is 0 Å². The normalized spacial score (nSPS) is 23.9. The van der Waals surface area contributed by atoms with Gasteiger partial charge in [-0.2, -0.15) is 0 Å². The summed E-state index contributed by atoms with van der Waals surface area (Å²) in [6.45, 7) is 0.0372. The molecule has 3 atom stereocenters. The maximum absolute atomic E-state index is 11.4. The summed E-state index contributed by atoms with van der Waals surface area (Å²) >= 11 is 0. The van der Waals surface area contributed by atoms with Gasteiger partial charge in [-0.25, -0.2) is 0 Å². The summed E-state index contributed by atoms with van der Waals surface area (Å²) in [6, 6.07) is 8.03. The molecular weight excluding hydrogens is 272 g/mol. The van der Waals surface area contributed by atoms with Crippen LogP contribution in [0.1, 0.15) is 30.7 Å². The maximum Gasteiger partial charge on any atom is 0.256 e. The first kappa shape index (κ1) is 15.5. The van der Waals surface area contributed by atoms with Gasteiger partial charge >= 0.3 is 0 Å². The fourth-order valence-electron chi connectivity index (χ4n) is 2.48. The Labute approximate surface area is 124 Å². The van der Waals surface area contributed by atoms with Gasteiger partial charge in [-0.3, -0.25) is 5.73 Å². The molecule has 1 aromatic carbocycles. The Hall–Kier alpha value is -1.86. The first-order valence-electron chi connectivity index (χ1n) is 7.06. The third-order valence-corrected chi connectivity index (χ3v) is 3.77. The molecule has 7 heteroatoms. The minimum atomic E-state index is -0.858. The number of nitrogens with two attached hydrogens (primary N) is 2. The molecule has 21 heavy (non-hydrogen) atoms. The molecule has 4 N–H and O–H groups in total. The quantitative estimate of drug-likeness (QED) is 0.357. The average molecular weight is 294 g/mol. The molecule has 0 aromatic heterocycles. The van der Waals surface area contributed by atoms with Crippen LogP contribution in [-0.2, 0) is 4.84 Å². The van der Waals surface area contributed by atoms with Crippen LogP contribution in [0.25, 0.3) is 0 Å². The second-order valence-corrected chi connectivity index (χ2v) is 5.20. The SMILES string of the molecule is COc1ccc([C@@H]2CC[C@H](O/N=[N+](\[O-])C(N)CN)C2)cc1. The first-order chi connectivity index (χ1) is 10.1. The van der Waals surface area contributed by atoms with Crippen molar-refractivity contribution in [1.29, 1.82) is 0 Å². The number of hydrogen-bond donors (Lipinski definition) is 2. The summed E-state index contributed by atoms with van der Waals surface area (Å²) in [5.41, 5.74) is 12.0. The zero-order chi connectivity index (χ0) is 15.2. The lowest BCUT2D eigenvalue weighted by molar-refractivity contribution is -0.592. The summed E-state index contributed by atoms with van der Waals surface area (Å²) in [7, 11) is 1.65. The molecule has 2 rings (SSSR count). The lowest BCUT2D eigenvalue weighted by Gasteiger charge is -2.11. The van der Waals surface area contributed by atoms with Gasteiger partial charge in [0.15, 0.2) is 0 Å². The molecule has 116 valence electrons. The van der Waals surface area contributed by atoms with E-state index in [0.717, 1.165) is 25.0 Å². The number of nitrogens with zero attached hydrogens (tertiary/aromatic N) is 2.